The molecule has 4 nitrogen and oxygen atoms in total. The number of hydrogen-bond donors (Lipinski definition) is 1. The average Bonchev–Trinajstić information content (AvgIpc) is 2.34. The fourth-order valence-electron chi connectivity index (χ4n) is 1.82. The Bertz CT molecular complexity index is 574. The summed E-state index contributed by atoms with van der Waals surface area (Å²) >= 11 is 0. The highest BCUT2D eigenvalue weighted by molar-refractivity contribution is 5.90. The first kappa shape index (κ1) is 11.6. The smallest absolute Gasteiger partial charge is 0.290 e. The van der Waals surface area contributed by atoms with Crippen LogP contribution >= 0.6 is 0 Å². The summed E-state index contributed by atoms with van der Waals surface area (Å²) in [7, 11) is 1.68. The molecule has 0 fully saturated rings. The normalized spacial score (nSPS) is 10.7. The van der Waals surface area contributed by atoms with Crippen molar-refractivity contribution in [3.05, 3.63) is 34.6 Å². The molecule has 0 bridgehead atoms. The predicted molar refractivity (Wildman–Crippen MR) is 70.4 cm³/mol. The number of hydrogen-bond acceptors (Lipinski definition) is 3. The molecule has 0 aliphatic heterocycles. The molecule has 0 aliphatic rings. The summed E-state index contributed by atoms with van der Waals surface area (Å²) < 4.78 is 1.39. The lowest BCUT2D eigenvalue weighted by molar-refractivity contribution is 0.725. The van der Waals surface area contributed by atoms with Crippen LogP contribution in [0.1, 0.15) is 19.8 Å². The number of anilines is 1. The Hall–Kier alpha value is -1.84. The molecule has 0 saturated heterocycles. The number of nitrogens with one attached hydrogen (secondary N) is 1. The maximum atomic E-state index is 12.0. The maximum absolute atomic E-state index is 12.0. The van der Waals surface area contributed by atoms with E-state index in [-0.39, 0.29) is 5.56 Å². The maximum Gasteiger partial charge on any atom is 0.290 e. The van der Waals surface area contributed by atoms with Gasteiger partial charge in [-0.25, -0.2) is 4.68 Å². The molecule has 2 aromatic rings. The van der Waals surface area contributed by atoms with Gasteiger partial charge in [-0.3, -0.25) is 4.79 Å². The van der Waals surface area contributed by atoms with E-state index < -0.39 is 0 Å². The minimum Gasteiger partial charge on any atom is -0.380 e. The van der Waals surface area contributed by atoms with E-state index in [2.05, 4.69) is 17.3 Å². The highest BCUT2D eigenvalue weighted by Gasteiger charge is 2.08. The Kier molecular flexibility index (Phi) is 3.42. The van der Waals surface area contributed by atoms with Crippen molar-refractivity contribution in [2.45, 2.75) is 19.8 Å². The van der Waals surface area contributed by atoms with Gasteiger partial charge in [0.25, 0.3) is 5.56 Å². The van der Waals surface area contributed by atoms with Crippen LogP contribution in [0.2, 0.25) is 0 Å². The van der Waals surface area contributed by atoms with Gasteiger partial charge in [-0.2, -0.15) is 5.10 Å². The Morgan fingerprint density at radius 1 is 1.35 bits per heavy atom. The van der Waals surface area contributed by atoms with Crippen LogP contribution in [0.4, 0.5) is 5.69 Å². The van der Waals surface area contributed by atoms with E-state index >= 15 is 0 Å². The number of benzene rings is 1. The largest absolute Gasteiger partial charge is 0.380 e. The first-order valence-corrected chi connectivity index (χ1v) is 5.94. The van der Waals surface area contributed by atoms with Gasteiger partial charge in [0.05, 0.1) is 5.52 Å². The molecule has 90 valence electrons. The zero-order valence-electron chi connectivity index (χ0n) is 10.2. The summed E-state index contributed by atoms with van der Waals surface area (Å²) in [5.41, 5.74) is 1.43. The lowest BCUT2D eigenvalue weighted by atomic mass is 10.2. The van der Waals surface area contributed by atoms with Crippen molar-refractivity contribution in [3.8, 4) is 0 Å². The highest BCUT2D eigenvalue weighted by atomic mass is 16.1. The number of nitrogens with zero attached hydrogens (tertiary/aromatic N) is 2. The van der Waals surface area contributed by atoms with Crippen molar-refractivity contribution < 1.29 is 0 Å². The molecule has 1 aromatic carbocycles. The summed E-state index contributed by atoms with van der Waals surface area (Å²) in [4.78, 5) is 12.0. The molecular weight excluding hydrogens is 214 g/mol. The lowest BCUT2D eigenvalue weighted by Crippen LogP contribution is -2.24. The first-order valence-electron chi connectivity index (χ1n) is 5.94. The third-order valence-corrected chi connectivity index (χ3v) is 2.77. The van der Waals surface area contributed by atoms with Gasteiger partial charge in [0.1, 0.15) is 5.69 Å². The molecule has 0 spiro atoms. The third kappa shape index (κ3) is 2.30. The van der Waals surface area contributed by atoms with Crippen LogP contribution in [0.3, 0.4) is 0 Å². The van der Waals surface area contributed by atoms with E-state index in [0.717, 1.165) is 30.3 Å². The van der Waals surface area contributed by atoms with Crippen molar-refractivity contribution in [2.24, 2.45) is 7.05 Å². The highest BCUT2D eigenvalue weighted by Crippen LogP contribution is 2.16. The van der Waals surface area contributed by atoms with E-state index in [1.54, 1.807) is 7.05 Å². The third-order valence-electron chi connectivity index (χ3n) is 2.77. The Morgan fingerprint density at radius 3 is 2.88 bits per heavy atom. The number of aromatic nitrogens is 2. The van der Waals surface area contributed by atoms with Gasteiger partial charge in [0.2, 0.25) is 0 Å². The fraction of sp³-hybridized carbons (Fsp3) is 0.385. The summed E-state index contributed by atoms with van der Waals surface area (Å²) in [5, 5.41) is 8.35. The molecule has 1 aromatic heterocycles. The van der Waals surface area contributed by atoms with Gasteiger partial charge >= 0.3 is 0 Å². The second-order valence-corrected chi connectivity index (χ2v) is 4.10. The second kappa shape index (κ2) is 4.99. The zero-order valence-corrected chi connectivity index (χ0v) is 10.2. The molecule has 0 aliphatic carbocycles. The molecule has 0 unspecified atom stereocenters. The first-order chi connectivity index (χ1) is 8.24. The number of fused-ring (bicyclic) bond motifs is 1. The van der Waals surface area contributed by atoms with E-state index in [1.807, 2.05) is 24.3 Å². The van der Waals surface area contributed by atoms with Crippen LogP contribution < -0.4 is 10.9 Å². The molecular formula is C13H17N3O. The zero-order chi connectivity index (χ0) is 12.3. The molecule has 17 heavy (non-hydrogen) atoms. The number of unbranched alkanes of at least 4 members (excludes halogenated alkanes) is 1. The standard InChI is InChI=1S/C13H17N3O/c1-3-4-9-14-12-10-7-5-6-8-11(10)15-16(2)13(12)17/h5-8,14H,3-4,9H2,1-2H3. The molecule has 2 rings (SSSR count). The lowest BCUT2D eigenvalue weighted by Gasteiger charge is -2.09. The molecule has 0 atom stereocenters. The van der Waals surface area contributed by atoms with Crippen LogP contribution in [0, 0.1) is 0 Å². The minimum atomic E-state index is -0.0696. The Labute approximate surface area is 100 Å². The molecule has 0 amide bonds. The summed E-state index contributed by atoms with van der Waals surface area (Å²) in [6, 6.07) is 7.70. The molecule has 1 heterocycles. The fourth-order valence-corrected chi connectivity index (χ4v) is 1.82. The quantitative estimate of drug-likeness (QED) is 0.820. The van der Waals surface area contributed by atoms with E-state index in [4.69, 9.17) is 0 Å². The molecule has 4 heteroatoms. The van der Waals surface area contributed by atoms with Crippen LogP contribution in [-0.4, -0.2) is 16.3 Å². The van der Waals surface area contributed by atoms with Gasteiger partial charge in [-0.1, -0.05) is 31.5 Å². The van der Waals surface area contributed by atoms with E-state index in [9.17, 15) is 4.79 Å². The van der Waals surface area contributed by atoms with E-state index in [0.29, 0.717) is 5.69 Å². The van der Waals surface area contributed by atoms with Gasteiger partial charge in [-0.05, 0) is 12.5 Å². The van der Waals surface area contributed by atoms with Gasteiger partial charge in [-0.15, -0.1) is 0 Å². The van der Waals surface area contributed by atoms with Gasteiger partial charge in [0.15, 0.2) is 0 Å². The average molecular weight is 231 g/mol. The van der Waals surface area contributed by atoms with Gasteiger partial charge < -0.3 is 5.32 Å². The number of rotatable bonds is 4. The summed E-state index contributed by atoms with van der Waals surface area (Å²) in [5.74, 6) is 0. The topological polar surface area (TPSA) is 46.9 Å². The van der Waals surface area contributed by atoms with Crippen molar-refractivity contribution >= 4 is 16.6 Å². The SMILES string of the molecule is CCCCNc1c(=O)n(C)nc2ccccc12. The molecule has 0 saturated carbocycles. The van der Waals surface area contributed by atoms with Gasteiger partial charge in [0, 0.05) is 19.0 Å². The Morgan fingerprint density at radius 2 is 2.12 bits per heavy atom. The van der Waals surface area contributed by atoms with Crippen LogP contribution in [-0.2, 0) is 7.05 Å². The van der Waals surface area contributed by atoms with Crippen LogP contribution in [0.25, 0.3) is 10.9 Å². The summed E-state index contributed by atoms with van der Waals surface area (Å²) in [6.45, 7) is 2.95. The van der Waals surface area contributed by atoms with Crippen LogP contribution in [0.15, 0.2) is 29.1 Å². The Balaban J connectivity index is 2.50. The number of aryl methyl sites for hydroxylation is 1. The minimum absolute atomic E-state index is 0.0696. The predicted octanol–water partition coefficient (Wildman–Crippen LogP) is 2.15. The monoisotopic (exact) mass is 231 g/mol. The second-order valence-electron chi connectivity index (χ2n) is 4.10. The van der Waals surface area contributed by atoms with E-state index in [1.165, 1.54) is 4.68 Å². The van der Waals surface area contributed by atoms with Crippen molar-refractivity contribution in [1.29, 1.82) is 0 Å². The van der Waals surface area contributed by atoms with Crippen molar-refractivity contribution in [3.63, 3.8) is 0 Å². The van der Waals surface area contributed by atoms with Crippen molar-refractivity contribution in [2.75, 3.05) is 11.9 Å². The molecule has 1 N–H and O–H groups in total. The summed E-state index contributed by atoms with van der Waals surface area (Å²) in [6.07, 6.45) is 2.16. The van der Waals surface area contributed by atoms with Crippen molar-refractivity contribution in [1.82, 2.24) is 9.78 Å². The van der Waals surface area contributed by atoms with Crippen LogP contribution in [0.5, 0.6) is 0 Å². The molecule has 0 radical (unpaired) electrons.